The van der Waals surface area contributed by atoms with E-state index in [9.17, 15) is 0 Å². The first kappa shape index (κ1) is 13.2. The largest absolute Gasteiger partial charge is 0.493 e. The molecule has 0 saturated carbocycles. The molecule has 0 radical (unpaired) electrons. The van der Waals surface area contributed by atoms with Gasteiger partial charge in [0.15, 0.2) is 11.5 Å². The zero-order valence-corrected chi connectivity index (χ0v) is 11.4. The fourth-order valence-electron chi connectivity index (χ4n) is 2.35. The number of ether oxygens (including phenoxy) is 2. The zero-order valence-electron chi connectivity index (χ0n) is 11.4. The minimum Gasteiger partial charge on any atom is -0.493 e. The fraction of sp³-hybridized carbons (Fsp3) is 0.600. The van der Waals surface area contributed by atoms with Crippen molar-refractivity contribution in [2.24, 2.45) is 0 Å². The third kappa shape index (κ3) is 3.39. The van der Waals surface area contributed by atoms with Crippen LogP contribution in [0.2, 0.25) is 0 Å². The second-order valence-electron chi connectivity index (χ2n) is 4.82. The van der Waals surface area contributed by atoms with Crippen LogP contribution in [0.4, 0.5) is 0 Å². The van der Waals surface area contributed by atoms with Crippen LogP contribution in [0.3, 0.4) is 0 Å². The summed E-state index contributed by atoms with van der Waals surface area (Å²) in [5.41, 5.74) is 1.31. The molecule has 0 spiro atoms. The van der Waals surface area contributed by atoms with Crippen molar-refractivity contribution in [2.75, 3.05) is 20.2 Å². The molecule has 1 unspecified atom stereocenters. The van der Waals surface area contributed by atoms with Crippen LogP contribution in [0.25, 0.3) is 0 Å². The second kappa shape index (κ2) is 6.64. The van der Waals surface area contributed by atoms with Crippen LogP contribution < -0.4 is 14.8 Å². The second-order valence-corrected chi connectivity index (χ2v) is 4.82. The van der Waals surface area contributed by atoms with Gasteiger partial charge in [0.2, 0.25) is 0 Å². The molecule has 1 heterocycles. The van der Waals surface area contributed by atoms with Crippen molar-refractivity contribution in [1.29, 1.82) is 0 Å². The minimum absolute atomic E-state index is 0.268. The molecule has 1 atom stereocenters. The van der Waals surface area contributed by atoms with Gasteiger partial charge >= 0.3 is 0 Å². The first-order valence-electron chi connectivity index (χ1n) is 6.87. The summed E-state index contributed by atoms with van der Waals surface area (Å²) in [4.78, 5) is 0. The monoisotopic (exact) mass is 249 g/mol. The normalized spacial score (nSPS) is 19.6. The Labute approximate surface area is 109 Å². The number of hydrogen-bond donors (Lipinski definition) is 1. The van der Waals surface area contributed by atoms with Crippen LogP contribution in [-0.4, -0.2) is 26.3 Å². The van der Waals surface area contributed by atoms with E-state index in [-0.39, 0.29) is 6.10 Å². The smallest absolute Gasteiger partial charge is 0.161 e. The van der Waals surface area contributed by atoms with Gasteiger partial charge < -0.3 is 14.8 Å². The van der Waals surface area contributed by atoms with E-state index in [2.05, 4.69) is 24.4 Å². The van der Waals surface area contributed by atoms with Crippen LogP contribution in [0.1, 0.15) is 31.7 Å². The summed E-state index contributed by atoms with van der Waals surface area (Å²) in [5.74, 6) is 1.72. The number of aryl methyl sites for hydroxylation is 1. The number of rotatable bonds is 5. The summed E-state index contributed by atoms with van der Waals surface area (Å²) >= 11 is 0. The van der Waals surface area contributed by atoms with E-state index in [1.807, 2.05) is 6.07 Å². The van der Waals surface area contributed by atoms with E-state index in [4.69, 9.17) is 9.47 Å². The van der Waals surface area contributed by atoms with Crippen molar-refractivity contribution in [3.8, 4) is 11.5 Å². The highest BCUT2D eigenvalue weighted by molar-refractivity contribution is 5.43. The van der Waals surface area contributed by atoms with E-state index >= 15 is 0 Å². The first-order chi connectivity index (χ1) is 8.83. The Morgan fingerprint density at radius 1 is 1.33 bits per heavy atom. The maximum absolute atomic E-state index is 6.02. The molecule has 100 valence electrons. The fourth-order valence-corrected chi connectivity index (χ4v) is 2.35. The number of piperidine rings is 1. The SMILES string of the molecule is CCCc1ccc(OC2CCCNC2)c(OC)c1. The third-order valence-corrected chi connectivity index (χ3v) is 3.31. The molecule has 1 fully saturated rings. The highest BCUT2D eigenvalue weighted by Crippen LogP contribution is 2.30. The van der Waals surface area contributed by atoms with Crippen molar-refractivity contribution >= 4 is 0 Å². The van der Waals surface area contributed by atoms with Gasteiger partial charge in [-0.3, -0.25) is 0 Å². The lowest BCUT2D eigenvalue weighted by Gasteiger charge is -2.25. The number of benzene rings is 1. The molecule has 2 rings (SSSR count). The average molecular weight is 249 g/mol. The molecular formula is C15H23NO2. The van der Waals surface area contributed by atoms with Gasteiger partial charge in [0.05, 0.1) is 7.11 Å². The summed E-state index contributed by atoms with van der Waals surface area (Å²) in [6.07, 6.45) is 4.80. The van der Waals surface area contributed by atoms with Crippen LogP contribution in [0.15, 0.2) is 18.2 Å². The Morgan fingerprint density at radius 3 is 2.89 bits per heavy atom. The molecule has 0 amide bonds. The zero-order chi connectivity index (χ0) is 12.8. The molecule has 3 heteroatoms. The van der Waals surface area contributed by atoms with Gasteiger partial charge in [0, 0.05) is 6.54 Å². The van der Waals surface area contributed by atoms with Gasteiger partial charge in [0.1, 0.15) is 6.10 Å². The Kier molecular flexibility index (Phi) is 4.88. The topological polar surface area (TPSA) is 30.5 Å². The van der Waals surface area contributed by atoms with Crippen LogP contribution in [0.5, 0.6) is 11.5 Å². The van der Waals surface area contributed by atoms with Crippen molar-refractivity contribution < 1.29 is 9.47 Å². The molecule has 18 heavy (non-hydrogen) atoms. The molecule has 1 N–H and O–H groups in total. The van der Waals surface area contributed by atoms with Gasteiger partial charge in [-0.25, -0.2) is 0 Å². The van der Waals surface area contributed by atoms with E-state index in [0.717, 1.165) is 43.9 Å². The quantitative estimate of drug-likeness (QED) is 0.870. The van der Waals surface area contributed by atoms with E-state index in [1.54, 1.807) is 7.11 Å². The van der Waals surface area contributed by atoms with Crippen molar-refractivity contribution in [3.63, 3.8) is 0 Å². The van der Waals surface area contributed by atoms with E-state index in [1.165, 1.54) is 12.0 Å². The van der Waals surface area contributed by atoms with Crippen LogP contribution >= 0.6 is 0 Å². The molecular weight excluding hydrogens is 226 g/mol. The third-order valence-electron chi connectivity index (χ3n) is 3.31. The van der Waals surface area contributed by atoms with Crippen LogP contribution in [0, 0.1) is 0 Å². The maximum atomic E-state index is 6.02. The lowest BCUT2D eigenvalue weighted by Crippen LogP contribution is -2.37. The molecule has 1 aromatic rings. The Bertz CT molecular complexity index is 373. The Balaban J connectivity index is 2.06. The number of nitrogens with one attached hydrogen (secondary N) is 1. The summed E-state index contributed by atoms with van der Waals surface area (Å²) in [5, 5.41) is 3.36. The van der Waals surface area contributed by atoms with Crippen LogP contribution in [-0.2, 0) is 6.42 Å². The van der Waals surface area contributed by atoms with Gasteiger partial charge in [-0.1, -0.05) is 19.4 Å². The molecule has 1 aromatic carbocycles. The van der Waals surface area contributed by atoms with Crippen molar-refractivity contribution in [3.05, 3.63) is 23.8 Å². The Hall–Kier alpha value is -1.22. The average Bonchev–Trinajstić information content (AvgIpc) is 2.42. The number of methoxy groups -OCH3 is 1. The lowest BCUT2D eigenvalue weighted by molar-refractivity contribution is 0.161. The first-order valence-corrected chi connectivity index (χ1v) is 6.87. The summed E-state index contributed by atoms with van der Waals surface area (Å²) in [6, 6.07) is 6.27. The van der Waals surface area contributed by atoms with Gasteiger partial charge in [-0.2, -0.15) is 0 Å². The van der Waals surface area contributed by atoms with Crippen molar-refractivity contribution in [1.82, 2.24) is 5.32 Å². The summed E-state index contributed by atoms with van der Waals surface area (Å²) in [7, 11) is 1.71. The molecule has 1 aliphatic rings. The molecule has 1 aliphatic heterocycles. The predicted molar refractivity (Wildman–Crippen MR) is 73.5 cm³/mol. The van der Waals surface area contributed by atoms with Gasteiger partial charge in [-0.15, -0.1) is 0 Å². The molecule has 1 saturated heterocycles. The van der Waals surface area contributed by atoms with Gasteiger partial charge in [-0.05, 0) is 43.5 Å². The van der Waals surface area contributed by atoms with E-state index in [0.29, 0.717) is 0 Å². The minimum atomic E-state index is 0.268. The molecule has 0 aromatic heterocycles. The molecule has 0 aliphatic carbocycles. The number of hydrogen-bond acceptors (Lipinski definition) is 3. The standard InChI is InChI=1S/C15H23NO2/c1-3-5-12-7-8-14(15(10-12)17-2)18-13-6-4-9-16-11-13/h7-8,10,13,16H,3-6,9,11H2,1-2H3. The summed E-state index contributed by atoms with van der Waals surface area (Å²) < 4.78 is 11.5. The summed E-state index contributed by atoms with van der Waals surface area (Å²) in [6.45, 7) is 4.22. The highest BCUT2D eigenvalue weighted by atomic mass is 16.5. The lowest BCUT2D eigenvalue weighted by atomic mass is 10.1. The highest BCUT2D eigenvalue weighted by Gasteiger charge is 2.16. The Morgan fingerprint density at radius 2 is 2.22 bits per heavy atom. The van der Waals surface area contributed by atoms with E-state index < -0.39 is 0 Å². The maximum Gasteiger partial charge on any atom is 0.161 e. The van der Waals surface area contributed by atoms with Crippen molar-refractivity contribution in [2.45, 2.75) is 38.7 Å². The predicted octanol–water partition coefficient (Wildman–Crippen LogP) is 2.78. The van der Waals surface area contributed by atoms with Gasteiger partial charge in [0.25, 0.3) is 0 Å². The molecule has 3 nitrogen and oxygen atoms in total. The molecule has 0 bridgehead atoms.